The lowest BCUT2D eigenvalue weighted by Crippen LogP contribution is -2.29. The first-order chi connectivity index (χ1) is 17.3. The van der Waals surface area contributed by atoms with Gasteiger partial charge in [-0.15, -0.1) is 10.2 Å². The molecule has 190 valence electrons. The van der Waals surface area contributed by atoms with Crippen LogP contribution in [0.4, 0.5) is 18.9 Å². The van der Waals surface area contributed by atoms with E-state index in [0.717, 1.165) is 12.8 Å². The molecule has 1 amide bonds. The Labute approximate surface area is 204 Å². The number of rotatable bonds is 8. The number of hydrogen-bond acceptors (Lipinski definition) is 7. The Kier molecular flexibility index (Phi) is 7.87. The van der Waals surface area contributed by atoms with Gasteiger partial charge in [-0.2, -0.15) is 0 Å². The normalized spacial score (nSPS) is 17.4. The lowest BCUT2D eigenvalue weighted by molar-refractivity contribution is -0.149. The number of halogens is 3. The van der Waals surface area contributed by atoms with E-state index in [4.69, 9.17) is 13.9 Å². The predicted octanol–water partition coefficient (Wildman–Crippen LogP) is 4.83. The van der Waals surface area contributed by atoms with Crippen LogP contribution in [0.2, 0.25) is 0 Å². The monoisotopic (exact) mass is 503 g/mol. The molecule has 1 aromatic heterocycles. The quantitative estimate of drug-likeness (QED) is 0.347. The zero-order valence-corrected chi connectivity index (χ0v) is 19.4. The second kappa shape index (κ2) is 11.2. The molecule has 1 N–H and O–H groups in total. The van der Waals surface area contributed by atoms with Crippen LogP contribution < -0.4 is 10.1 Å². The number of carbonyl (C=O) groups excluding carboxylic acids is 2. The van der Waals surface area contributed by atoms with Crippen molar-refractivity contribution in [3.8, 4) is 5.75 Å². The van der Waals surface area contributed by atoms with E-state index in [-0.39, 0.29) is 41.8 Å². The summed E-state index contributed by atoms with van der Waals surface area (Å²) in [6.07, 6.45) is 2.61. The molecule has 1 heterocycles. The minimum Gasteiger partial charge on any atom is -0.490 e. The van der Waals surface area contributed by atoms with Gasteiger partial charge in [0.1, 0.15) is 11.6 Å². The van der Waals surface area contributed by atoms with Crippen molar-refractivity contribution >= 4 is 17.6 Å². The lowest BCUT2D eigenvalue weighted by atomic mass is 9.87. The van der Waals surface area contributed by atoms with E-state index in [1.54, 1.807) is 31.2 Å². The van der Waals surface area contributed by atoms with Crippen LogP contribution in [0.15, 0.2) is 40.8 Å². The van der Waals surface area contributed by atoms with Crippen LogP contribution in [0, 0.1) is 23.4 Å². The third-order valence-electron chi connectivity index (χ3n) is 5.80. The van der Waals surface area contributed by atoms with E-state index < -0.39 is 23.4 Å². The van der Waals surface area contributed by atoms with E-state index in [0.29, 0.717) is 43.0 Å². The number of aromatic nitrogens is 2. The zero-order valence-electron chi connectivity index (χ0n) is 19.4. The predicted molar refractivity (Wildman–Crippen MR) is 121 cm³/mol. The van der Waals surface area contributed by atoms with Crippen molar-refractivity contribution in [2.75, 3.05) is 11.9 Å². The van der Waals surface area contributed by atoms with Gasteiger partial charge in [-0.3, -0.25) is 9.59 Å². The summed E-state index contributed by atoms with van der Waals surface area (Å²) in [5.41, 5.74) is 0.263. The van der Waals surface area contributed by atoms with Gasteiger partial charge in [-0.05, 0) is 62.9 Å². The summed E-state index contributed by atoms with van der Waals surface area (Å²) >= 11 is 0. The molecule has 4 rings (SSSR count). The molecule has 3 aromatic rings. The number of nitrogens with one attached hydrogen (secondary N) is 1. The summed E-state index contributed by atoms with van der Waals surface area (Å²) in [5, 5.41) is 9.89. The highest BCUT2D eigenvalue weighted by molar-refractivity contribution is 6.00. The highest BCUT2D eigenvalue weighted by Gasteiger charge is 2.28. The minimum absolute atomic E-state index is 0.00708. The highest BCUT2D eigenvalue weighted by Crippen LogP contribution is 2.29. The summed E-state index contributed by atoms with van der Waals surface area (Å²) in [7, 11) is 0. The number of hydrogen-bond donors (Lipinski definition) is 1. The third kappa shape index (κ3) is 6.21. The van der Waals surface area contributed by atoms with Crippen LogP contribution in [0.1, 0.15) is 54.7 Å². The molecule has 11 heteroatoms. The third-order valence-corrected chi connectivity index (χ3v) is 5.80. The van der Waals surface area contributed by atoms with Crippen LogP contribution in [-0.4, -0.2) is 34.8 Å². The molecule has 1 fully saturated rings. The average Bonchev–Trinajstić information content (AvgIpc) is 3.33. The number of amides is 1. The molecule has 0 unspecified atom stereocenters. The Hall–Kier alpha value is -3.89. The maximum Gasteiger partial charge on any atom is 0.313 e. The molecule has 0 saturated heterocycles. The average molecular weight is 503 g/mol. The van der Waals surface area contributed by atoms with Gasteiger partial charge < -0.3 is 19.2 Å². The largest absolute Gasteiger partial charge is 0.490 e. The summed E-state index contributed by atoms with van der Waals surface area (Å²) in [5.74, 6) is -4.28. The summed E-state index contributed by atoms with van der Waals surface area (Å²) < 4.78 is 56.6. The standard InChI is InChI=1S/C25H24F3N3O5/c1-2-34-25(33)14-3-7-17(8-4-14)35-18-9-5-16(6-10-18)29-23(32)24-31-30-22(36-24)12-15-11-20(27)21(28)13-19(15)26/h5-6,9-11,13-14,17H,2-4,7-8,12H2,1H3,(H,29,32). The van der Waals surface area contributed by atoms with Gasteiger partial charge in [-0.25, -0.2) is 13.2 Å². The van der Waals surface area contributed by atoms with Crippen molar-refractivity contribution in [2.24, 2.45) is 5.92 Å². The molecular formula is C25H24F3N3O5. The van der Waals surface area contributed by atoms with E-state index in [9.17, 15) is 22.8 Å². The Morgan fingerprint density at radius 3 is 2.39 bits per heavy atom. The summed E-state index contributed by atoms with van der Waals surface area (Å²) in [6, 6.07) is 7.83. The van der Waals surface area contributed by atoms with E-state index in [1.807, 2.05) is 0 Å². The highest BCUT2D eigenvalue weighted by atomic mass is 19.2. The SMILES string of the molecule is CCOC(=O)C1CCC(Oc2ccc(NC(=O)c3nnc(Cc4cc(F)c(F)cc4F)o3)cc2)CC1. The van der Waals surface area contributed by atoms with Crippen molar-refractivity contribution in [1.82, 2.24) is 10.2 Å². The molecule has 0 bridgehead atoms. The lowest BCUT2D eigenvalue weighted by Gasteiger charge is -2.27. The minimum atomic E-state index is -1.31. The molecule has 0 atom stereocenters. The molecule has 36 heavy (non-hydrogen) atoms. The van der Waals surface area contributed by atoms with Gasteiger partial charge in [0.25, 0.3) is 0 Å². The van der Waals surface area contributed by atoms with Crippen molar-refractivity contribution < 1.29 is 36.7 Å². The molecule has 0 spiro atoms. The number of benzene rings is 2. The van der Waals surface area contributed by atoms with Crippen molar-refractivity contribution in [2.45, 2.75) is 45.1 Å². The molecule has 2 aromatic carbocycles. The number of carbonyl (C=O) groups is 2. The van der Waals surface area contributed by atoms with Gasteiger partial charge in [0, 0.05) is 17.3 Å². The smallest absolute Gasteiger partial charge is 0.313 e. The number of ether oxygens (including phenoxy) is 2. The van der Waals surface area contributed by atoms with Gasteiger partial charge in [-0.1, -0.05) is 0 Å². The maximum absolute atomic E-state index is 13.8. The molecule has 8 nitrogen and oxygen atoms in total. The Bertz CT molecular complexity index is 1220. The molecule has 1 aliphatic rings. The van der Waals surface area contributed by atoms with Crippen LogP contribution in [0.25, 0.3) is 0 Å². The van der Waals surface area contributed by atoms with Gasteiger partial charge in [0.05, 0.1) is 25.0 Å². The van der Waals surface area contributed by atoms with Crippen molar-refractivity contribution in [1.29, 1.82) is 0 Å². The van der Waals surface area contributed by atoms with E-state index in [2.05, 4.69) is 15.5 Å². The fourth-order valence-corrected chi connectivity index (χ4v) is 3.95. The molecular weight excluding hydrogens is 479 g/mol. The second-order valence-corrected chi connectivity index (χ2v) is 8.36. The first-order valence-electron chi connectivity index (χ1n) is 11.5. The van der Waals surface area contributed by atoms with Gasteiger partial charge >= 0.3 is 17.8 Å². The first kappa shape index (κ1) is 25.2. The molecule has 1 saturated carbocycles. The topological polar surface area (TPSA) is 104 Å². The Balaban J connectivity index is 1.29. The van der Waals surface area contributed by atoms with Crippen LogP contribution in [0.3, 0.4) is 0 Å². The number of nitrogens with zero attached hydrogens (tertiary/aromatic N) is 2. The van der Waals surface area contributed by atoms with Crippen LogP contribution in [0.5, 0.6) is 5.75 Å². The van der Waals surface area contributed by atoms with E-state index in [1.165, 1.54) is 0 Å². The molecule has 0 aliphatic heterocycles. The van der Waals surface area contributed by atoms with Crippen molar-refractivity contribution in [3.05, 3.63) is 71.2 Å². The number of esters is 1. The summed E-state index contributed by atoms with van der Waals surface area (Å²) in [4.78, 5) is 24.3. The van der Waals surface area contributed by atoms with Crippen LogP contribution in [-0.2, 0) is 16.0 Å². The zero-order chi connectivity index (χ0) is 25.7. The fraction of sp³-hybridized carbons (Fsp3) is 0.360. The fourth-order valence-electron chi connectivity index (χ4n) is 3.95. The van der Waals surface area contributed by atoms with Gasteiger partial charge in [0.2, 0.25) is 5.89 Å². The molecule has 0 radical (unpaired) electrons. The van der Waals surface area contributed by atoms with Gasteiger partial charge in [0.15, 0.2) is 11.6 Å². The van der Waals surface area contributed by atoms with Crippen LogP contribution >= 0.6 is 0 Å². The Morgan fingerprint density at radius 2 is 1.69 bits per heavy atom. The second-order valence-electron chi connectivity index (χ2n) is 8.36. The van der Waals surface area contributed by atoms with Crippen molar-refractivity contribution in [3.63, 3.8) is 0 Å². The molecule has 1 aliphatic carbocycles. The Morgan fingerprint density at radius 1 is 1.00 bits per heavy atom. The first-order valence-corrected chi connectivity index (χ1v) is 11.5. The maximum atomic E-state index is 13.8. The number of anilines is 1. The summed E-state index contributed by atoms with van der Waals surface area (Å²) in [6.45, 7) is 2.17. The van der Waals surface area contributed by atoms with E-state index >= 15 is 0 Å².